The van der Waals surface area contributed by atoms with Crippen LogP contribution in [0.1, 0.15) is 42.7 Å². The van der Waals surface area contributed by atoms with Gasteiger partial charge in [0.2, 0.25) is 0 Å². The van der Waals surface area contributed by atoms with Crippen molar-refractivity contribution in [2.24, 2.45) is 0 Å². The van der Waals surface area contributed by atoms with Crippen molar-refractivity contribution in [3.8, 4) is 0 Å². The summed E-state index contributed by atoms with van der Waals surface area (Å²) in [5.41, 5.74) is 2.30. The van der Waals surface area contributed by atoms with E-state index in [1.165, 1.54) is 5.69 Å². The quantitative estimate of drug-likeness (QED) is 0.672. The molecule has 2 saturated heterocycles. The van der Waals surface area contributed by atoms with Crippen LogP contribution >= 0.6 is 12.2 Å². The second-order valence-electron chi connectivity index (χ2n) is 8.20. The smallest absolute Gasteiger partial charge is 0.170 e. The summed E-state index contributed by atoms with van der Waals surface area (Å²) in [5, 5.41) is 4.37. The van der Waals surface area contributed by atoms with E-state index in [9.17, 15) is 0 Å². The average Bonchev–Trinajstić information content (AvgIpc) is 3.44. The molecule has 2 aromatic rings. The van der Waals surface area contributed by atoms with E-state index in [0.29, 0.717) is 6.10 Å². The second kappa shape index (κ2) is 9.24. The van der Waals surface area contributed by atoms with E-state index >= 15 is 0 Å². The highest BCUT2D eigenvalue weighted by molar-refractivity contribution is 7.80. The lowest BCUT2D eigenvalue weighted by atomic mass is 10.0. The Morgan fingerprint density at radius 3 is 2.90 bits per heavy atom. The molecule has 3 atom stereocenters. The summed E-state index contributed by atoms with van der Waals surface area (Å²) in [6, 6.07) is 10.6. The van der Waals surface area contributed by atoms with Gasteiger partial charge in [-0.25, -0.2) is 0 Å². The number of pyridine rings is 1. The molecular formula is C22H31N5OS. The predicted molar refractivity (Wildman–Crippen MR) is 119 cm³/mol. The molecule has 0 spiro atoms. The molecule has 0 saturated carbocycles. The van der Waals surface area contributed by atoms with Crippen LogP contribution in [0.5, 0.6) is 0 Å². The van der Waals surface area contributed by atoms with Crippen molar-refractivity contribution in [1.82, 2.24) is 24.7 Å². The van der Waals surface area contributed by atoms with Gasteiger partial charge in [0, 0.05) is 37.8 Å². The fourth-order valence-corrected chi connectivity index (χ4v) is 4.73. The fraction of sp³-hybridized carbons (Fsp3) is 0.545. The summed E-state index contributed by atoms with van der Waals surface area (Å²) < 4.78 is 8.25. The Morgan fingerprint density at radius 2 is 2.17 bits per heavy atom. The minimum absolute atomic E-state index is 0.0428. The normalized spacial score (nSPS) is 24.4. The topological polar surface area (TPSA) is 45.6 Å². The van der Waals surface area contributed by atoms with Crippen molar-refractivity contribution in [3.63, 3.8) is 0 Å². The predicted octanol–water partition coefficient (Wildman–Crippen LogP) is 2.99. The van der Waals surface area contributed by atoms with E-state index in [2.05, 4.69) is 63.2 Å². The van der Waals surface area contributed by atoms with E-state index in [4.69, 9.17) is 17.0 Å². The molecule has 2 aliphatic rings. The fourth-order valence-electron chi connectivity index (χ4n) is 4.39. The van der Waals surface area contributed by atoms with Crippen LogP contribution in [0.15, 0.2) is 42.7 Å². The van der Waals surface area contributed by atoms with Gasteiger partial charge in [-0.2, -0.15) is 0 Å². The zero-order valence-corrected chi connectivity index (χ0v) is 18.1. The Morgan fingerprint density at radius 1 is 1.28 bits per heavy atom. The first-order valence-electron chi connectivity index (χ1n) is 10.5. The Bertz CT molecular complexity index is 803. The molecule has 29 heavy (non-hydrogen) atoms. The van der Waals surface area contributed by atoms with Crippen molar-refractivity contribution in [2.75, 3.05) is 33.8 Å². The first-order valence-corrected chi connectivity index (χ1v) is 10.9. The molecule has 4 heterocycles. The van der Waals surface area contributed by atoms with Crippen molar-refractivity contribution >= 4 is 17.3 Å². The zero-order chi connectivity index (χ0) is 20.2. The third-order valence-electron chi connectivity index (χ3n) is 5.79. The minimum Gasteiger partial charge on any atom is -0.376 e. The maximum atomic E-state index is 5.90. The SMILES string of the molecule is CN(C)CCCN1C(=S)N[C@@H](c2ccccn2)[C@@H]1c1cccn1C[C@@H]1CCCO1. The molecule has 0 aliphatic carbocycles. The van der Waals surface area contributed by atoms with Crippen LogP contribution in [0.4, 0.5) is 0 Å². The lowest BCUT2D eigenvalue weighted by Gasteiger charge is -2.29. The van der Waals surface area contributed by atoms with Crippen molar-refractivity contribution in [1.29, 1.82) is 0 Å². The van der Waals surface area contributed by atoms with E-state index in [0.717, 1.165) is 56.3 Å². The molecule has 6 nitrogen and oxygen atoms in total. The Labute approximate surface area is 178 Å². The zero-order valence-electron chi connectivity index (χ0n) is 17.3. The summed E-state index contributed by atoms with van der Waals surface area (Å²) in [4.78, 5) is 9.21. The van der Waals surface area contributed by atoms with Crippen LogP contribution in [0.3, 0.4) is 0 Å². The van der Waals surface area contributed by atoms with E-state index in [-0.39, 0.29) is 12.1 Å². The van der Waals surface area contributed by atoms with Crippen LogP contribution in [0, 0.1) is 0 Å². The van der Waals surface area contributed by atoms with E-state index in [1.54, 1.807) is 0 Å². The first kappa shape index (κ1) is 20.3. The van der Waals surface area contributed by atoms with Gasteiger partial charge in [-0.05, 0) is 76.4 Å². The number of rotatable bonds is 8. The number of hydrogen-bond acceptors (Lipinski definition) is 4. The minimum atomic E-state index is 0.0428. The Kier molecular flexibility index (Phi) is 6.47. The Hall–Kier alpha value is -1.96. The molecule has 7 heteroatoms. The number of ether oxygens (including phenoxy) is 1. The van der Waals surface area contributed by atoms with Crippen LogP contribution in [0.2, 0.25) is 0 Å². The highest BCUT2D eigenvalue weighted by atomic mass is 32.1. The number of nitrogens with one attached hydrogen (secondary N) is 1. The van der Waals surface area contributed by atoms with Gasteiger partial charge in [-0.3, -0.25) is 4.98 Å². The molecule has 0 bridgehead atoms. The van der Waals surface area contributed by atoms with Gasteiger partial charge in [0.25, 0.3) is 0 Å². The van der Waals surface area contributed by atoms with Gasteiger partial charge in [0.15, 0.2) is 5.11 Å². The molecule has 1 N–H and O–H groups in total. The highest BCUT2D eigenvalue weighted by Crippen LogP contribution is 2.39. The van der Waals surface area contributed by atoms with Crippen LogP contribution < -0.4 is 5.32 Å². The largest absolute Gasteiger partial charge is 0.376 e. The monoisotopic (exact) mass is 413 g/mol. The van der Waals surface area contributed by atoms with Gasteiger partial charge < -0.3 is 24.4 Å². The standard InChI is InChI=1S/C22H31N5OS/c1-25(2)12-7-14-27-21(20(24-22(27)29)18-9-3-4-11-23-18)19-10-5-13-26(19)16-17-8-6-15-28-17/h3-5,9-11,13,17,20-21H,6-8,12,14-16H2,1-2H3,(H,24,29)/t17-,20-,21-/m0/s1. The van der Waals surface area contributed by atoms with Gasteiger partial charge in [0.05, 0.1) is 23.9 Å². The number of thiocarbonyl (C=S) groups is 1. The summed E-state index contributed by atoms with van der Waals surface area (Å²) in [6.07, 6.45) is 7.69. The molecule has 2 aliphatic heterocycles. The highest BCUT2D eigenvalue weighted by Gasteiger charge is 2.41. The van der Waals surface area contributed by atoms with Crippen molar-refractivity contribution < 1.29 is 4.74 Å². The third-order valence-corrected chi connectivity index (χ3v) is 6.15. The molecule has 0 unspecified atom stereocenters. The molecular weight excluding hydrogens is 382 g/mol. The lowest BCUT2D eigenvalue weighted by molar-refractivity contribution is 0.0953. The summed E-state index contributed by atoms with van der Waals surface area (Å²) in [7, 11) is 4.23. The summed E-state index contributed by atoms with van der Waals surface area (Å²) in [6.45, 7) is 3.73. The maximum absolute atomic E-state index is 5.90. The maximum Gasteiger partial charge on any atom is 0.170 e. The van der Waals surface area contributed by atoms with E-state index < -0.39 is 0 Å². The van der Waals surface area contributed by atoms with Gasteiger partial charge in [-0.1, -0.05) is 6.07 Å². The second-order valence-corrected chi connectivity index (χ2v) is 8.58. The van der Waals surface area contributed by atoms with Crippen LogP contribution in [-0.2, 0) is 11.3 Å². The van der Waals surface area contributed by atoms with Gasteiger partial charge in [0.1, 0.15) is 0 Å². The number of aromatic nitrogens is 2. The van der Waals surface area contributed by atoms with Crippen molar-refractivity contribution in [3.05, 3.63) is 54.1 Å². The van der Waals surface area contributed by atoms with Gasteiger partial charge >= 0.3 is 0 Å². The summed E-state index contributed by atoms with van der Waals surface area (Å²) >= 11 is 5.77. The molecule has 4 rings (SSSR count). The lowest BCUT2D eigenvalue weighted by Crippen LogP contribution is -2.33. The molecule has 0 amide bonds. The molecule has 0 aromatic carbocycles. The molecule has 2 fully saturated rings. The summed E-state index contributed by atoms with van der Waals surface area (Å²) in [5.74, 6) is 0. The first-order chi connectivity index (χ1) is 14.1. The average molecular weight is 414 g/mol. The number of hydrogen-bond donors (Lipinski definition) is 1. The molecule has 156 valence electrons. The van der Waals surface area contributed by atoms with Gasteiger partial charge in [-0.15, -0.1) is 0 Å². The van der Waals surface area contributed by atoms with Crippen LogP contribution in [0.25, 0.3) is 0 Å². The molecule has 0 radical (unpaired) electrons. The van der Waals surface area contributed by atoms with Crippen molar-refractivity contribution in [2.45, 2.75) is 44.0 Å². The number of nitrogens with zero attached hydrogens (tertiary/aromatic N) is 4. The Balaban J connectivity index is 1.62. The van der Waals surface area contributed by atoms with Crippen LogP contribution in [-0.4, -0.2) is 64.4 Å². The third kappa shape index (κ3) is 4.63. The molecule has 2 aromatic heterocycles. The van der Waals surface area contributed by atoms with E-state index in [1.807, 2.05) is 18.3 Å².